The van der Waals surface area contributed by atoms with Crippen LogP contribution >= 0.6 is 0 Å². The normalized spacial score (nSPS) is 27.6. The Labute approximate surface area is 183 Å². The highest BCUT2D eigenvalue weighted by atomic mass is 16.8. The van der Waals surface area contributed by atoms with Crippen LogP contribution in [0.5, 0.6) is 5.75 Å². The highest BCUT2D eigenvalue weighted by Crippen LogP contribution is 2.41. The van der Waals surface area contributed by atoms with E-state index >= 15 is 0 Å². The van der Waals surface area contributed by atoms with Gasteiger partial charge in [-0.1, -0.05) is 37.3 Å². The van der Waals surface area contributed by atoms with Crippen molar-refractivity contribution >= 4 is 6.29 Å². The van der Waals surface area contributed by atoms with Gasteiger partial charge in [0.05, 0.1) is 25.9 Å². The first-order chi connectivity index (χ1) is 14.9. The summed E-state index contributed by atoms with van der Waals surface area (Å²) >= 11 is 0. The van der Waals surface area contributed by atoms with Gasteiger partial charge in [0.1, 0.15) is 30.3 Å². The molecule has 2 heterocycles. The molecule has 6 heteroatoms. The number of carbonyl (C=O) groups excluding carboxylic acids is 1. The van der Waals surface area contributed by atoms with E-state index < -0.39 is 5.79 Å². The maximum Gasteiger partial charge on any atom is 0.164 e. The quantitative estimate of drug-likeness (QED) is 0.565. The standard InChI is InChI=1S/C25H30O6/c1-17(14-28-20-11-9-18(13-26)10-12-20)22-24-23(30-25(2,3)31-24)21(29-22)16-27-15-19-7-5-4-6-8-19/h4-13,17,21-24H,14-16H2,1-3H3/t17?,21-,22+,23-,24+/m1/s1. The number of fused-ring (bicyclic) bond motifs is 1. The van der Waals surface area contributed by atoms with Gasteiger partial charge < -0.3 is 23.7 Å². The number of carbonyl (C=O) groups is 1. The number of hydrogen-bond acceptors (Lipinski definition) is 6. The lowest BCUT2D eigenvalue weighted by Gasteiger charge is -2.27. The second-order valence-electron chi connectivity index (χ2n) is 8.68. The molecule has 0 saturated carbocycles. The lowest BCUT2D eigenvalue weighted by Crippen LogP contribution is -2.36. The van der Waals surface area contributed by atoms with Gasteiger partial charge in [-0.25, -0.2) is 0 Å². The van der Waals surface area contributed by atoms with E-state index in [-0.39, 0.29) is 30.3 Å². The van der Waals surface area contributed by atoms with E-state index in [1.54, 1.807) is 24.3 Å². The summed E-state index contributed by atoms with van der Waals surface area (Å²) < 4.78 is 30.6. The molecule has 0 N–H and O–H groups in total. The molecule has 1 unspecified atom stereocenters. The second kappa shape index (κ2) is 9.49. The first-order valence-electron chi connectivity index (χ1n) is 10.8. The minimum atomic E-state index is -0.652. The summed E-state index contributed by atoms with van der Waals surface area (Å²) in [5.41, 5.74) is 1.75. The summed E-state index contributed by atoms with van der Waals surface area (Å²) in [5.74, 6) is 0.147. The Morgan fingerprint density at radius 1 is 1.03 bits per heavy atom. The Hall–Kier alpha value is -2.25. The number of rotatable bonds is 9. The van der Waals surface area contributed by atoms with Gasteiger partial charge in [0, 0.05) is 11.5 Å². The highest BCUT2D eigenvalue weighted by Gasteiger charge is 2.56. The monoisotopic (exact) mass is 426 g/mol. The summed E-state index contributed by atoms with van der Waals surface area (Å²) in [7, 11) is 0. The van der Waals surface area contributed by atoms with Crippen LogP contribution in [0.4, 0.5) is 0 Å². The second-order valence-corrected chi connectivity index (χ2v) is 8.68. The van der Waals surface area contributed by atoms with Crippen molar-refractivity contribution in [1.82, 2.24) is 0 Å². The van der Waals surface area contributed by atoms with E-state index in [2.05, 4.69) is 6.92 Å². The minimum absolute atomic E-state index is 0.0786. The molecule has 166 valence electrons. The Morgan fingerprint density at radius 2 is 1.74 bits per heavy atom. The van der Waals surface area contributed by atoms with Gasteiger partial charge >= 0.3 is 0 Å². The molecule has 2 aliphatic heterocycles. The molecule has 2 aliphatic rings. The van der Waals surface area contributed by atoms with Crippen molar-refractivity contribution in [2.24, 2.45) is 5.92 Å². The predicted molar refractivity (Wildman–Crippen MR) is 115 cm³/mol. The van der Waals surface area contributed by atoms with Gasteiger partial charge in [-0.05, 0) is 43.7 Å². The Kier molecular flexibility index (Phi) is 6.72. The van der Waals surface area contributed by atoms with Crippen molar-refractivity contribution in [1.29, 1.82) is 0 Å². The number of ether oxygens (including phenoxy) is 5. The van der Waals surface area contributed by atoms with Crippen molar-refractivity contribution in [3.05, 3.63) is 65.7 Å². The van der Waals surface area contributed by atoms with E-state index in [1.807, 2.05) is 44.2 Å². The third kappa shape index (κ3) is 5.33. The van der Waals surface area contributed by atoms with Crippen LogP contribution in [0.15, 0.2) is 54.6 Å². The molecule has 5 atom stereocenters. The number of aldehydes is 1. The molecule has 0 bridgehead atoms. The van der Waals surface area contributed by atoms with Crippen LogP contribution in [0.2, 0.25) is 0 Å². The predicted octanol–water partition coefficient (Wildman–Crippen LogP) is 4.02. The van der Waals surface area contributed by atoms with Crippen molar-refractivity contribution in [2.75, 3.05) is 13.2 Å². The zero-order valence-electron chi connectivity index (χ0n) is 18.2. The van der Waals surface area contributed by atoms with Crippen molar-refractivity contribution in [2.45, 2.75) is 57.6 Å². The van der Waals surface area contributed by atoms with Crippen LogP contribution in [0.3, 0.4) is 0 Å². The van der Waals surface area contributed by atoms with Crippen LogP contribution in [-0.4, -0.2) is 49.7 Å². The molecule has 0 amide bonds. The van der Waals surface area contributed by atoms with Gasteiger partial charge in [0.2, 0.25) is 0 Å². The van der Waals surface area contributed by atoms with E-state index in [0.717, 1.165) is 17.6 Å². The third-order valence-electron chi connectivity index (χ3n) is 5.67. The maximum atomic E-state index is 10.8. The smallest absolute Gasteiger partial charge is 0.164 e. The van der Waals surface area contributed by atoms with Crippen LogP contribution in [-0.2, 0) is 25.6 Å². The zero-order valence-corrected chi connectivity index (χ0v) is 18.2. The molecule has 0 aromatic heterocycles. The molecular formula is C25H30O6. The molecule has 0 aliphatic carbocycles. The highest BCUT2D eigenvalue weighted by molar-refractivity contribution is 5.74. The van der Waals surface area contributed by atoms with Crippen molar-refractivity contribution in [3.8, 4) is 5.75 Å². The Balaban J connectivity index is 1.35. The molecule has 31 heavy (non-hydrogen) atoms. The molecule has 2 fully saturated rings. The summed E-state index contributed by atoms with van der Waals surface area (Å²) in [6.07, 6.45) is 0.112. The average Bonchev–Trinajstić information content (AvgIpc) is 3.26. The zero-order chi connectivity index (χ0) is 21.8. The summed E-state index contributed by atoms with van der Waals surface area (Å²) in [4.78, 5) is 10.8. The van der Waals surface area contributed by atoms with Gasteiger partial charge in [-0.2, -0.15) is 0 Å². The summed E-state index contributed by atoms with van der Waals surface area (Å²) in [6, 6.07) is 17.2. The first kappa shape index (κ1) is 22.0. The molecular weight excluding hydrogens is 396 g/mol. The molecule has 0 radical (unpaired) electrons. The van der Waals surface area contributed by atoms with E-state index in [1.165, 1.54) is 0 Å². The fourth-order valence-electron chi connectivity index (χ4n) is 4.14. The fraction of sp³-hybridized carbons (Fsp3) is 0.480. The molecule has 2 aromatic carbocycles. The average molecular weight is 427 g/mol. The molecule has 2 aromatic rings. The Bertz CT molecular complexity index is 850. The third-order valence-corrected chi connectivity index (χ3v) is 5.67. The van der Waals surface area contributed by atoms with E-state index in [9.17, 15) is 4.79 Å². The van der Waals surface area contributed by atoms with Gasteiger partial charge in [-0.3, -0.25) is 4.79 Å². The molecule has 4 rings (SSSR count). The van der Waals surface area contributed by atoms with Crippen LogP contribution < -0.4 is 4.74 Å². The topological polar surface area (TPSA) is 63.2 Å². The molecule has 2 saturated heterocycles. The van der Waals surface area contributed by atoms with Crippen LogP contribution in [0.1, 0.15) is 36.7 Å². The minimum Gasteiger partial charge on any atom is -0.493 e. The van der Waals surface area contributed by atoms with E-state index in [4.69, 9.17) is 23.7 Å². The SMILES string of the molecule is CC(COc1ccc(C=O)cc1)[C@@H]1O[C@H](COCc2ccccc2)[C@H]2OC(C)(C)O[C@H]21. The van der Waals surface area contributed by atoms with Crippen LogP contribution in [0, 0.1) is 5.92 Å². The van der Waals surface area contributed by atoms with Crippen LogP contribution in [0.25, 0.3) is 0 Å². The van der Waals surface area contributed by atoms with Gasteiger partial charge in [0.25, 0.3) is 0 Å². The Morgan fingerprint density at radius 3 is 2.45 bits per heavy atom. The maximum absolute atomic E-state index is 10.8. The lowest BCUT2D eigenvalue weighted by atomic mass is 9.98. The van der Waals surface area contributed by atoms with Gasteiger partial charge in [0.15, 0.2) is 5.79 Å². The van der Waals surface area contributed by atoms with E-state index in [0.29, 0.717) is 25.4 Å². The number of benzene rings is 2. The fourth-order valence-corrected chi connectivity index (χ4v) is 4.14. The van der Waals surface area contributed by atoms with Crippen molar-refractivity contribution in [3.63, 3.8) is 0 Å². The molecule has 0 spiro atoms. The number of hydrogen-bond donors (Lipinski definition) is 0. The summed E-state index contributed by atoms with van der Waals surface area (Å²) in [5, 5.41) is 0. The molecule has 6 nitrogen and oxygen atoms in total. The van der Waals surface area contributed by atoms with Crippen molar-refractivity contribution < 1.29 is 28.5 Å². The summed E-state index contributed by atoms with van der Waals surface area (Å²) in [6.45, 7) is 7.38. The van der Waals surface area contributed by atoms with Gasteiger partial charge in [-0.15, -0.1) is 0 Å². The lowest BCUT2D eigenvalue weighted by molar-refractivity contribution is -0.198. The first-order valence-corrected chi connectivity index (χ1v) is 10.8. The largest absolute Gasteiger partial charge is 0.493 e.